The van der Waals surface area contributed by atoms with Crippen molar-refractivity contribution in [3.8, 4) is 0 Å². The fourth-order valence-corrected chi connectivity index (χ4v) is 2.82. The minimum Gasteiger partial charge on any atom is -0.466 e. The van der Waals surface area contributed by atoms with Gasteiger partial charge in [0.25, 0.3) is 5.91 Å². The van der Waals surface area contributed by atoms with Crippen LogP contribution in [0, 0.1) is 5.82 Å². The van der Waals surface area contributed by atoms with Gasteiger partial charge >= 0.3 is 11.9 Å². The van der Waals surface area contributed by atoms with E-state index in [4.69, 9.17) is 21.1 Å². The summed E-state index contributed by atoms with van der Waals surface area (Å²) in [6.07, 6.45) is -0.0129. The van der Waals surface area contributed by atoms with Crippen molar-refractivity contribution in [1.82, 2.24) is 4.98 Å². The third-order valence-corrected chi connectivity index (χ3v) is 4.05. The molecule has 1 aromatic carbocycles. The highest BCUT2D eigenvalue weighted by molar-refractivity contribution is 7.13. The molecule has 0 fully saturated rings. The van der Waals surface area contributed by atoms with Gasteiger partial charge in [-0.2, -0.15) is 0 Å². The number of ether oxygens (including phenoxy) is 2. The van der Waals surface area contributed by atoms with Gasteiger partial charge in [0, 0.05) is 5.38 Å². The van der Waals surface area contributed by atoms with Crippen LogP contribution in [0.3, 0.4) is 0 Å². The van der Waals surface area contributed by atoms with Crippen LogP contribution in [0.4, 0.5) is 9.52 Å². The molecule has 0 aliphatic carbocycles. The lowest BCUT2D eigenvalue weighted by Gasteiger charge is -2.06. The molecule has 0 saturated heterocycles. The highest BCUT2D eigenvalue weighted by Crippen LogP contribution is 2.20. The van der Waals surface area contributed by atoms with Crippen LogP contribution < -0.4 is 5.32 Å². The summed E-state index contributed by atoms with van der Waals surface area (Å²) in [5.41, 5.74) is 0.00632. The molecule has 0 aliphatic rings. The van der Waals surface area contributed by atoms with Gasteiger partial charge in [0.1, 0.15) is 11.4 Å². The highest BCUT2D eigenvalue weighted by atomic mass is 35.5. The quantitative estimate of drug-likeness (QED) is 0.718. The lowest BCUT2D eigenvalue weighted by molar-refractivity contribution is -0.142. The lowest BCUT2D eigenvalue weighted by atomic mass is 10.2. The van der Waals surface area contributed by atoms with Gasteiger partial charge in [-0.3, -0.25) is 14.9 Å². The smallest absolute Gasteiger partial charge is 0.343 e. The summed E-state index contributed by atoms with van der Waals surface area (Å²) in [4.78, 5) is 39.1. The summed E-state index contributed by atoms with van der Waals surface area (Å²) in [5, 5.41) is 4.13. The number of benzene rings is 1. The second-order valence-corrected chi connectivity index (χ2v) is 6.11. The Labute approximate surface area is 157 Å². The van der Waals surface area contributed by atoms with Crippen molar-refractivity contribution < 1.29 is 28.2 Å². The molecule has 26 heavy (non-hydrogen) atoms. The molecular weight excluding hydrogens is 387 g/mol. The third-order valence-electron chi connectivity index (χ3n) is 2.93. The van der Waals surface area contributed by atoms with Crippen molar-refractivity contribution in [3.05, 3.63) is 45.7 Å². The van der Waals surface area contributed by atoms with Crippen molar-refractivity contribution in [3.63, 3.8) is 0 Å². The standard InChI is InChI=1S/C16H14ClFN2O5S/c1-2-24-13(22)6-9-8-26-16(19-9)20-12(21)7-25-15(23)14-10(17)4-3-5-11(14)18/h3-5,8H,2,6-7H2,1H3,(H,19,20,21). The lowest BCUT2D eigenvalue weighted by Crippen LogP contribution is -2.21. The molecule has 0 radical (unpaired) electrons. The number of carbonyl (C=O) groups excluding carboxylic acids is 3. The topological polar surface area (TPSA) is 94.6 Å². The van der Waals surface area contributed by atoms with Crippen molar-refractivity contribution in [1.29, 1.82) is 0 Å². The molecule has 2 aromatic rings. The van der Waals surface area contributed by atoms with E-state index in [0.29, 0.717) is 5.69 Å². The molecule has 138 valence electrons. The summed E-state index contributed by atoms with van der Waals surface area (Å²) in [5.74, 6) is -2.98. The number of aromatic nitrogens is 1. The van der Waals surface area contributed by atoms with Crippen molar-refractivity contribution in [2.75, 3.05) is 18.5 Å². The van der Waals surface area contributed by atoms with Gasteiger partial charge in [0.2, 0.25) is 0 Å². The summed E-state index contributed by atoms with van der Waals surface area (Å²) >= 11 is 6.85. The summed E-state index contributed by atoms with van der Waals surface area (Å²) in [6, 6.07) is 3.74. The van der Waals surface area contributed by atoms with E-state index in [0.717, 1.165) is 17.4 Å². The molecule has 0 aliphatic heterocycles. The molecule has 10 heteroatoms. The van der Waals surface area contributed by atoms with Crippen molar-refractivity contribution in [2.45, 2.75) is 13.3 Å². The van der Waals surface area contributed by atoms with Gasteiger partial charge in [-0.15, -0.1) is 11.3 Å². The number of anilines is 1. The van der Waals surface area contributed by atoms with E-state index in [1.807, 2.05) is 0 Å². The Kier molecular flexibility index (Phi) is 7.05. The summed E-state index contributed by atoms with van der Waals surface area (Å²) in [7, 11) is 0. The van der Waals surface area contributed by atoms with Gasteiger partial charge in [-0.1, -0.05) is 17.7 Å². The average Bonchev–Trinajstić information content (AvgIpc) is 2.99. The minimum atomic E-state index is -1.05. The number of carbonyl (C=O) groups is 3. The fraction of sp³-hybridized carbons (Fsp3) is 0.250. The van der Waals surface area contributed by atoms with Gasteiger partial charge < -0.3 is 9.47 Å². The number of hydrogen-bond donors (Lipinski definition) is 1. The molecule has 0 saturated carbocycles. The third kappa shape index (κ3) is 5.50. The number of halogens is 2. The number of nitrogens with zero attached hydrogens (tertiary/aromatic N) is 1. The second-order valence-electron chi connectivity index (χ2n) is 4.85. The molecular formula is C16H14ClFN2O5S. The SMILES string of the molecule is CCOC(=O)Cc1csc(NC(=O)COC(=O)c2c(F)cccc2Cl)n1. The number of thiazole rings is 1. The molecule has 0 unspecified atom stereocenters. The zero-order chi connectivity index (χ0) is 19.1. The van der Waals surface area contributed by atoms with E-state index < -0.39 is 35.8 Å². The number of hydrogen-bond acceptors (Lipinski definition) is 7. The van der Waals surface area contributed by atoms with E-state index in [-0.39, 0.29) is 23.2 Å². The molecule has 2 rings (SSSR count). The molecule has 0 spiro atoms. The Bertz CT molecular complexity index is 806. The maximum absolute atomic E-state index is 13.6. The Morgan fingerprint density at radius 1 is 1.31 bits per heavy atom. The maximum atomic E-state index is 13.6. The molecule has 1 heterocycles. The summed E-state index contributed by atoms with van der Waals surface area (Å²) in [6.45, 7) is 1.32. The van der Waals surface area contributed by atoms with E-state index in [1.54, 1.807) is 12.3 Å². The van der Waals surface area contributed by atoms with Crippen molar-refractivity contribution in [2.24, 2.45) is 0 Å². The van der Waals surface area contributed by atoms with Gasteiger partial charge in [-0.05, 0) is 19.1 Å². The molecule has 1 amide bonds. The first kappa shape index (κ1) is 19.8. The molecule has 1 N–H and O–H groups in total. The van der Waals surface area contributed by atoms with Crippen molar-refractivity contribution >= 4 is 45.9 Å². The molecule has 0 bridgehead atoms. The predicted octanol–water partition coefficient (Wildman–Crippen LogP) is 2.84. The first-order chi connectivity index (χ1) is 12.4. The van der Waals surface area contributed by atoms with Crippen LogP contribution in [-0.2, 0) is 25.5 Å². The zero-order valence-electron chi connectivity index (χ0n) is 13.6. The van der Waals surface area contributed by atoms with Crippen LogP contribution in [-0.4, -0.2) is 36.0 Å². The first-order valence-electron chi connectivity index (χ1n) is 7.41. The number of rotatable bonds is 7. The largest absolute Gasteiger partial charge is 0.466 e. The second kappa shape index (κ2) is 9.25. The highest BCUT2D eigenvalue weighted by Gasteiger charge is 2.19. The van der Waals surface area contributed by atoms with Crippen LogP contribution in [0.25, 0.3) is 0 Å². The van der Waals surface area contributed by atoms with E-state index in [2.05, 4.69) is 10.3 Å². The maximum Gasteiger partial charge on any atom is 0.343 e. The van der Waals surface area contributed by atoms with Gasteiger partial charge in [0.15, 0.2) is 11.7 Å². The minimum absolute atomic E-state index is 0.0129. The van der Waals surface area contributed by atoms with Crippen LogP contribution in [0.15, 0.2) is 23.6 Å². The normalized spacial score (nSPS) is 10.3. The Hall–Kier alpha value is -2.52. The fourth-order valence-electron chi connectivity index (χ4n) is 1.86. The molecule has 1 aromatic heterocycles. The number of nitrogens with one attached hydrogen (secondary N) is 1. The predicted molar refractivity (Wildman–Crippen MR) is 92.8 cm³/mol. The molecule has 0 atom stereocenters. The van der Waals surface area contributed by atoms with E-state index in [9.17, 15) is 18.8 Å². The van der Waals surface area contributed by atoms with Crippen LogP contribution in [0.5, 0.6) is 0 Å². The van der Waals surface area contributed by atoms with Crippen LogP contribution >= 0.6 is 22.9 Å². The Morgan fingerprint density at radius 2 is 2.08 bits per heavy atom. The first-order valence-corrected chi connectivity index (χ1v) is 8.67. The van der Waals surface area contributed by atoms with Gasteiger partial charge in [-0.25, -0.2) is 14.2 Å². The van der Waals surface area contributed by atoms with Gasteiger partial charge in [0.05, 0.1) is 23.7 Å². The Morgan fingerprint density at radius 3 is 2.77 bits per heavy atom. The number of amides is 1. The monoisotopic (exact) mass is 400 g/mol. The van der Waals surface area contributed by atoms with Crippen LogP contribution in [0.1, 0.15) is 23.0 Å². The number of esters is 2. The summed E-state index contributed by atoms with van der Waals surface area (Å²) < 4.78 is 23.2. The van der Waals surface area contributed by atoms with Crippen LogP contribution in [0.2, 0.25) is 5.02 Å². The average molecular weight is 401 g/mol. The van der Waals surface area contributed by atoms with E-state index in [1.165, 1.54) is 12.1 Å². The Balaban J connectivity index is 1.86. The van der Waals surface area contributed by atoms with E-state index >= 15 is 0 Å². The zero-order valence-corrected chi connectivity index (χ0v) is 15.2. The molecule has 7 nitrogen and oxygen atoms in total.